The second-order valence-electron chi connectivity index (χ2n) is 4.82. The Labute approximate surface area is 120 Å². The lowest BCUT2D eigenvalue weighted by atomic mass is 10.1. The number of benzene rings is 2. The van der Waals surface area contributed by atoms with Crippen molar-refractivity contribution in [2.24, 2.45) is 0 Å². The Balaban J connectivity index is 2.15. The van der Waals surface area contributed by atoms with Gasteiger partial charge in [-0.25, -0.2) is 4.79 Å². The van der Waals surface area contributed by atoms with Gasteiger partial charge < -0.3 is 20.6 Å². The Morgan fingerprint density at radius 3 is 2.76 bits per heavy atom. The number of nitrogen functional groups attached to an aromatic ring is 1. The molecule has 3 rings (SSSR count). The van der Waals surface area contributed by atoms with Crippen molar-refractivity contribution < 1.29 is 9.52 Å². The first-order valence-electron chi connectivity index (χ1n) is 6.43. The highest BCUT2D eigenvalue weighted by molar-refractivity contribution is 5.86. The highest BCUT2D eigenvalue weighted by Crippen LogP contribution is 2.27. The van der Waals surface area contributed by atoms with Crippen LogP contribution in [-0.4, -0.2) is 5.11 Å². The minimum Gasteiger partial charge on any atom is -0.508 e. The average Bonchev–Trinajstić information content (AvgIpc) is 2.43. The van der Waals surface area contributed by atoms with Crippen LogP contribution in [0.15, 0.2) is 51.7 Å². The minimum atomic E-state index is -0.493. The number of phenols is 1. The fourth-order valence-electron chi connectivity index (χ4n) is 2.25. The van der Waals surface area contributed by atoms with Crippen LogP contribution < -0.4 is 16.7 Å². The van der Waals surface area contributed by atoms with Crippen molar-refractivity contribution in [2.75, 3.05) is 11.1 Å². The third-order valence-electron chi connectivity index (χ3n) is 3.31. The lowest BCUT2D eigenvalue weighted by Crippen LogP contribution is -2.09. The summed E-state index contributed by atoms with van der Waals surface area (Å²) in [5, 5.41) is 13.3. The summed E-state index contributed by atoms with van der Waals surface area (Å²) in [6.45, 7) is 1.82. The molecule has 0 saturated carbocycles. The molecule has 3 aromatic rings. The molecule has 0 fully saturated rings. The van der Waals surface area contributed by atoms with E-state index in [0.717, 1.165) is 10.9 Å². The van der Waals surface area contributed by atoms with E-state index in [4.69, 9.17) is 10.2 Å². The van der Waals surface area contributed by atoms with E-state index in [-0.39, 0.29) is 5.75 Å². The number of hydrogen-bond donors (Lipinski definition) is 3. The lowest BCUT2D eigenvalue weighted by Gasteiger charge is -2.10. The summed E-state index contributed by atoms with van der Waals surface area (Å²) in [7, 11) is 0. The molecule has 0 spiro atoms. The first-order valence-corrected chi connectivity index (χ1v) is 6.43. The zero-order valence-corrected chi connectivity index (χ0v) is 11.4. The SMILES string of the molecule is Cc1c(Nc2cccc(N)c2)c(=O)oc2cc(O)ccc12. The third kappa shape index (κ3) is 2.41. The standard InChI is InChI=1S/C16H14N2O3/c1-9-13-6-5-12(19)8-14(13)21-16(20)15(9)18-11-4-2-3-10(17)7-11/h2-8,18-19H,17H2,1H3. The molecular formula is C16H14N2O3. The van der Waals surface area contributed by atoms with E-state index in [1.54, 1.807) is 30.3 Å². The third-order valence-corrected chi connectivity index (χ3v) is 3.31. The van der Waals surface area contributed by atoms with Gasteiger partial charge in [0.25, 0.3) is 0 Å². The van der Waals surface area contributed by atoms with Crippen molar-refractivity contribution in [1.29, 1.82) is 0 Å². The van der Waals surface area contributed by atoms with Gasteiger partial charge in [0.15, 0.2) is 0 Å². The van der Waals surface area contributed by atoms with Gasteiger partial charge in [0.05, 0.1) is 0 Å². The quantitative estimate of drug-likeness (QED) is 0.496. The molecule has 21 heavy (non-hydrogen) atoms. The van der Waals surface area contributed by atoms with E-state index < -0.39 is 5.63 Å². The zero-order valence-electron chi connectivity index (χ0n) is 11.4. The van der Waals surface area contributed by atoms with Gasteiger partial charge in [0, 0.05) is 22.8 Å². The predicted octanol–water partition coefficient (Wildman–Crippen LogP) is 3.13. The molecule has 0 aliphatic heterocycles. The van der Waals surface area contributed by atoms with Gasteiger partial charge in [-0.05, 0) is 42.8 Å². The monoisotopic (exact) mass is 282 g/mol. The van der Waals surface area contributed by atoms with Crippen molar-refractivity contribution in [3.63, 3.8) is 0 Å². The largest absolute Gasteiger partial charge is 0.508 e. The second-order valence-corrected chi connectivity index (χ2v) is 4.82. The Kier molecular flexibility index (Phi) is 3.02. The molecule has 5 nitrogen and oxygen atoms in total. The molecule has 2 aromatic carbocycles. The zero-order chi connectivity index (χ0) is 15.0. The second kappa shape index (κ2) is 4.86. The molecule has 0 saturated heterocycles. The van der Waals surface area contributed by atoms with Gasteiger partial charge in [0.2, 0.25) is 0 Å². The molecule has 0 bridgehead atoms. The fourth-order valence-corrected chi connectivity index (χ4v) is 2.25. The normalized spacial score (nSPS) is 10.7. The van der Waals surface area contributed by atoms with Crippen LogP contribution in [0.4, 0.5) is 17.1 Å². The summed E-state index contributed by atoms with van der Waals surface area (Å²) < 4.78 is 5.25. The van der Waals surface area contributed by atoms with E-state index in [1.807, 2.05) is 13.0 Å². The predicted molar refractivity (Wildman–Crippen MR) is 83.0 cm³/mol. The molecule has 0 aliphatic carbocycles. The van der Waals surface area contributed by atoms with Gasteiger partial charge in [-0.15, -0.1) is 0 Å². The minimum absolute atomic E-state index is 0.0570. The van der Waals surface area contributed by atoms with Crippen LogP contribution in [0.2, 0.25) is 0 Å². The molecule has 1 aromatic heterocycles. The Bertz CT molecular complexity index is 884. The van der Waals surface area contributed by atoms with E-state index in [0.29, 0.717) is 22.6 Å². The van der Waals surface area contributed by atoms with Crippen LogP contribution in [0.1, 0.15) is 5.56 Å². The molecule has 5 heteroatoms. The summed E-state index contributed by atoms with van der Waals surface area (Å²) in [4.78, 5) is 12.1. The molecule has 1 heterocycles. The lowest BCUT2D eigenvalue weighted by molar-refractivity contribution is 0.473. The highest BCUT2D eigenvalue weighted by Gasteiger charge is 2.12. The number of rotatable bonds is 2. The maximum Gasteiger partial charge on any atom is 0.360 e. The summed E-state index contributed by atoms with van der Waals surface area (Å²) >= 11 is 0. The molecule has 0 amide bonds. The topological polar surface area (TPSA) is 88.5 Å². The number of phenolic OH excluding ortho intramolecular Hbond substituents is 1. The average molecular weight is 282 g/mol. The van der Waals surface area contributed by atoms with Crippen molar-refractivity contribution >= 4 is 28.0 Å². The number of fused-ring (bicyclic) bond motifs is 1. The van der Waals surface area contributed by atoms with Crippen molar-refractivity contribution in [3.8, 4) is 5.75 Å². The molecule has 4 N–H and O–H groups in total. The maximum absolute atomic E-state index is 12.1. The van der Waals surface area contributed by atoms with Crippen molar-refractivity contribution in [1.82, 2.24) is 0 Å². The van der Waals surface area contributed by atoms with Crippen LogP contribution >= 0.6 is 0 Å². The number of nitrogens with one attached hydrogen (secondary N) is 1. The number of nitrogens with two attached hydrogens (primary N) is 1. The first kappa shape index (κ1) is 13.1. The summed E-state index contributed by atoms with van der Waals surface area (Å²) in [6.07, 6.45) is 0. The fraction of sp³-hybridized carbons (Fsp3) is 0.0625. The Morgan fingerprint density at radius 2 is 2.00 bits per heavy atom. The van der Waals surface area contributed by atoms with E-state index >= 15 is 0 Å². The van der Waals surface area contributed by atoms with Crippen LogP contribution in [0, 0.1) is 6.92 Å². The van der Waals surface area contributed by atoms with Crippen LogP contribution in [-0.2, 0) is 0 Å². The van der Waals surface area contributed by atoms with Crippen LogP contribution in [0.25, 0.3) is 11.0 Å². The highest BCUT2D eigenvalue weighted by atomic mass is 16.4. The van der Waals surface area contributed by atoms with Crippen molar-refractivity contribution in [2.45, 2.75) is 6.92 Å². The smallest absolute Gasteiger partial charge is 0.360 e. The maximum atomic E-state index is 12.1. The summed E-state index contributed by atoms with van der Waals surface area (Å²) in [5.41, 5.74) is 8.02. The van der Waals surface area contributed by atoms with Crippen LogP contribution in [0.5, 0.6) is 5.75 Å². The molecule has 0 atom stereocenters. The van der Waals surface area contributed by atoms with Gasteiger partial charge in [-0.3, -0.25) is 0 Å². The summed E-state index contributed by atoms with van der Waals surface area (Å²) in [6, 6.07) is 11.8. The molecule has 0 radical (unpaired) electrons. The van der Waals surface area contributed by atoms with Gasteiger partial charge in [0.1, 0.15) is 17.0 Å². The van der Waals surface area contributed by atoms with E-state index in [1.165, 1.54) is 6.07 Å². The van der Waals surface area contributed by atoms with E-state index in [9.17, 15) is 9.90 Å². The van der Waals surface area contributed by atoms with Gasteiger partial charge >= 0.3 is 5.63 Å². The number of aryl methyl sites for hydroxylation is 1. The van der Waals surface area contributed by atoms with Gasteiger partial charge in [-0.2, -0.15) is 0 Å². The van der Waals surface area contributed by atoms with Crippen molar-refractivity contribution in [3.05, 3.63) is 58.4 Å². The molecular weight excluding hydrogens is 268 g/mol. The molecule has 106 valence electrons. The number of aromatic hydroxyl groups is 1. The van der Waals surface area contributed by atoms with Crippen LogP contribution in [0.3, 0.4) is 0 Å². The molecule has 0 unspecified atom stereocenters. The van der Waals surface area contributed by atoms with E-state index in [2.05, 4.69) is 5.32 Å². The van der Waals surface area contributed by atoms with Gasteiger partial charge in [-0.1, -0.05) is 6.07 Å². The molecule has 0 aliphatic rings. The summed E-state index contributed by atoms with van der Waals surface area (Å²) in [5.74, 6) is 0.0570. The first-order chi connectivity index (χ1) is 10.0. The Hall–Kier alpha value is -2.95. The number of hydrogen-bond acceptors (Lipinski definition) is 5. The number of anilines is 3. The Morgan fingerprint density at radius 1 is 1.19 bits per heavy atom.